The van der Waals surface area contributed by atoms with Gasteiger partial charge in [0.25, 0.3) is 5.91 Å². The van der Waals surface area contributed by atoms with Gasteiger partial charge in [0.05, 0.1) is 0 Å². The SMILES string of the molecule is CNc1cc(C(=O)N2CCC(CN)C2)[nH]n1. The Hall–Kier alpha value is -1.56. The smallest absolute Gasteiger partial charge is 0.271 e. The van der Waals surface area contributed by atoms with Gasteiger partial charge in [0, 0.05) is 26.2 Å². The van der Waals surface area contributed by atoms with Crippen molar-refractivity contribution in [3.05, 3.63) is 11.8 Å². The molecule has 1 aromatic heterocycles. The number of hydrogen-bond acceptors (Lipinski definition) is 4. The number of hydrogen-bond donors (Lipinski definition) is 3. The predicted molar refractivity (Wildman–Crippen MR) is 61.2 cm³/mol. The van der Waals surface area contributed by atoms with Crippen molar-refractivity contribution in [2.75, 3.05) is 32.0 Å². The number of aromatic amines is 1. The summed E-state index contributed by atoms with van der Waals surface area (Å²) < 4.78 is 0. The van der Waals surface area contributed by atoms with E-state index < -0.39 is 0 Å². The maximum Gasteiger partial charge on any atom is 0.271 e. The molecule has 2 heterocycles. The van der Waals surface area contributed by atoms with Crippen molar-refractivity contribution in [3.8, 4) is 0 Å². The lowest BCUT2D eigenvalue weighted by atomic mass is 10.1. The molecule has 0 aliphatic carbocycles. The summed E-state index contributed by atoms with van der Waals surface area (Å²) in [6.07, 6.45) is 0.995. The maximum atomic E-state index is 12.0. The summed E-state index contributed by atoms with van der Waals surface area (Å²) in [5.41, 5.74) is 6.12. The van der Waals surface area contributed by atoms with E-state index in [4.69, 9.17) is 5.73 Å². The van der Waals surface area contributed by atoms with E-state index in [2.05, 4.69) is 15.5 Å². The molecule has 4 N–H and O–H groups in total. The molecule has 0 radical (unpaired) electrons. The number of likely N-dealkylation sites (tertiary alicyclic amines) is 1. The lowest BCUT2D eigenvalue weighted by molar-refractivity contribution is 0.0782. The fourth-order valence-corrected chi connectivity index (χ4v) is 1.94. The Morgan fingerprint density at radius 3 is 3.19 bits per heavy atom. The number of amides is 1. The molecule has 0 bridgehead atoms. The van der Waals surface area contributed by atoms with Crippen molar-refractivity contribution in [2.45, 2.75) is 6.42 Å². The minimum absolute atomic E-state index is 0.00458. The number of rotatable bonds is 3. The summed E-state index contributed by atoms with van der Waals surface area (Å²) in [4.78, 5) is 13.8. The third-order valence-electron chi connectivity index (χ3n) is 2.97. The number of nitrogens with zero attached hydrogens (tertiary/aromatic N) is 2. The topological polar surface area (TPSA) is 87.0 Å². The molecule has 1 aliphatic rings. The first-order valence-electron chi connectivity index (χ1n) is 5.47. The highest BCUT2D eigenvalue weighted by molar-refractivity contribution is 5.93. The van der Waals surface area contributed by atoms with Crippen LogP contribution in [0.3, 0.4) is 0 Å². The lowest BCUT2D eigenvalue weighted by Gasteiger charge is -2.14. The predicted octanol–water partition coefficient (Wildman–Crippen LogP) is -0.128. The van der Waals surface area contributed by atoms with Crippen LogP contribution in [-0.2, 0) is 0 Å². The Kier molecular flexibility index (Phi) is 3.09. The molecule has 0 saturated carbocycles. The monoisotopic (exact) mass is 223 g/mol. The van der Waals surface area contributed by atoms with Gasteiger partial charge in [-0.05, 0) is 18.9 Å². The quantitative estimate of drug-likeness (QED) is 0.666. The Balaban J connectivity index is 2.02. The normalized spacial score (nSPS) is 20.1. The molecular weight excluding hydrogens is 206 g/mol. The van der Waals surface area contributed by atoms with Crippen LogP contribution in [0, 0.1) is 5.92 Å². The van der Waals surface area contributed by atoms with Gasteiger partial charge < -0.3 is 16.0 Å². The molecule has 16 heavy (non-hydrogen) atoms. The minimum atomic E-state index is 0.00458. The van der Waals surface area contributed by atoms with E-state index in [0.717, 1.165) is 19.5 Å². The van der Waals surface area contributed by atoms with E-state index in [1.54, 1.807) is 13.1 Å². The molecule has 1 amide bonds. The molecular formula is C10H17N5O. The van der Waals surface area contributed by atoms with Gasteiger partial charge in [-0.1, -0.05) is 0 Å². The highest BCUT2D eigenvalue weighted by Gasteiger charge is 2.26. The summed E-state index contributed by atoms with van der Waals surface area (Å²) >= 11 is 0. The summed E-state index contributed by atoms with van der Waals surface area (Å²) in [6, 6.07) is 1.72. The van der Waals surface area contributed by atoms with E-state index >= 15 is 0 Å². The van der Waals surface area contributed by atoms with E-state index in [-0.39, 0.29) is 5.91 Å². The van der Waals surface area contributed by atoms with E-state index in [1.165, 1.54) is 0 Å². The van der Waals surface area contributed by atoms with Crippen LogP contribution in [0.4, 0.5) is 5.82 Å². The first-order valence-corrected chi connectivity index (χ1v) is 5.47. The molecule has 6 heteroatoms. The van der Waals surface area contributed by atoms with Crippen LogP contribution in [0.25, 0.3) is 0 Å². The van der Waals surface area contributed by atoms with Crippen molar-refractivity contribution >= 4 is 11.7 Å². The highest BCUT2D eigenvalue weighted by atomic mass is 16.2. The first-order chi connectivity index (χ1) is 7.74. The van der Waals surface area contributed by atoms with Crippen molar-refractivity contribution in [2.24, 2.45) is 11.7 Å². The van der Waals surface area contributed by atoms with Crippen LogP contribution in [0.2, 0.25) is 0 Å². The Morgan fingerprint density at radius 1 is 1.81 bits per heavy atom. The molecule has 6 nitrogen and oxygen atoms in total. The van der Waals surface area contributed by atoms with Gasteiger partial charge in [-0.15, -0.1) is 0 Å². The number of carbonyl (C=O) groups excluding carboxylic acids is 1. The molecule has 1 aliphatic heterocycles. The minimum Gasteiger partial charge on any atom is -0.372 e. The van der Waals surface area contributed by atoms with Crippen LogP contribution in [0.1, 0.15) is 16.9 Å². The largest absolute Gasteiger partial charge is 0.372 e. The van der Waals surface area contributed by atoms with E-state index in [1.807, 2.05) is 4.90 Å². The van der Waals surface area contributed by atoms with Crippen LogP contribution in [0.15, 0.2) is 6.07 Å². The number of anilines is 1. The first kappa shape index (κ1) is 10.9. The van der Waals surface area contributed by atoms with Gasteiger partial charge in [0.15, 0.2) is 0 Å². The molecule has 0 aromatic carbocycles. The number of carbonyl (C=O) groups is 1. The molecule has 1 atom stereocenters. The molecule has 1 aromatic rings. The average molecular weight is 223 g/mol. The van der Waals surface area contributed by atoms with E-state index in [0.29, 0.717) is 24.0 Å². The van der Waals surface area contributed by atoms with Gasteiger partial charge in [-0.3, -0.25) is 9.89 Å². The number of nitrogens with two attached hydrogens (primary N) is 1. The summed E-state index contributed by atoms with van der Waals surface area (Å²) in [5, 5.41) is 9.57. The summed E-state index contributed by atoms with van der Waals surface area (Å²) in [6.45, 7) is 2.19. The zero-order valence-corrected chi connectivity index (χ0v) is 9.36. The van der Waals surface area contributed by atoms with Crippen molar-refractivity contribution in [1.82, 2.24) is 15.1 Å². The lowest BCUT2D eigenvalue weighted by Crippen LogP contribution is -2.30. The van der Waals surface area contributed by atoms with Crippen LogP contribution in [0.5, 0.6) is 0 Å². The van der Waals surface area contributed by atoms with E-state index in [9.17, 15) is 4.79 Å². The Morgan fingerprint density at radius 2 is 2.62 bits per heavy atom. The van der Waals surface area contributed by atoms with Crippen LogP contribution >= 0.6 is 0 Å². The number of H-pyrrole nitrogens is 1. The zero-order chi connectivity index (χ0) is 11.5. The average Bonchev–Trinajstić information content (AvgIpc) is 2.97. The van der Waals surface area contributed by atoms with Crippen molar-refractivity contribution in [3.63, 3.8) is 0 Å². The molecule has 1 saturated heterocycles. The van der Waals surface area contributed by atoms with Gasteiger partial charge in [-0.25, -0.2) is 0 Å². The third-order valence-corrected chi connectivity index (χ3v) is 2.97. The molecule has 1 fully saturated rings. The Labute approximate surface area is 94.2 Å². The fourth-order valence-electron chi connectivity index (χ4n) is 1.94. The summed E-state index contributed by atoms with van der Waals surface area (Å²) in [7, 11) is 1.77. The van der Waals surface area contributed by atoms with Gasteiger partial charge in [0.1, 0.15) is 11.5 Å². The second kappa shape index (κ2) is 4.52. The van der Waals surface area contributed by atoms with Gasteiger partial charge >= 0.3 is 0 Å². The maximum absolute atomic E-state index is 12.0. The Bertz CT molecular complexity index is 375. The zero-order valence-electron chi connectivity index (χ0n) is 9.36. The van der Waals surface area contributed by atoms with Gasteiger partial charge in [0.2, 0.25) is 0 Å². The summed E-state index contributed by atoms with van der Waals surface area (Å²) in [5.74, 6) is 1.12. The van der Waals surface area contributed by atoms with Crippen LogP contribution in [-0.4, -0.2) is 47.7 Å². The third kappa shape index (κ3) is 2.01. The second-order valence-corrected chi connectivity index (χ2v) is 4.06. The molecule has 88 valence electrons. The number of nitrogens with one attached hydrogen (secondary N) is 2. The van der Waals surface area contributed by atoms with Crippen LogP contribution < -0.4 is 11.1 Å². The fraction of sp³-hybridized carbons (Fsp3) is 0.600. The number of aromatic nitrogens is 2. The molecule has 2 rings (SSSR count). The molecule has 0 spiro atoms. The van der Waals surface area contributed by atoms with Crippen molar-refractivity contribution in [1.29, 1.82) is 0 Å². The van der Waals surface area contributed by atoms with Crippen molar-refractivity contribution < 1.29 is 4.79 Å². The molecule has 1 unspecified atom stereocenters. The van der Waals surface area contributed by atoms with Gasteiger partial charge in [-0.2, -0.15) is 5.10 Å². The standard InChI is InChI=1S/C10H17N5O/c1-12-9-4-8(13-14-9)10(16)15-3-2-7(5-11)6-15/h4,7H,2-3,5-6,11H2,1H3,(H2,12,13,14). The highest BCUT2D eigenvalue weighted by Crippen LogP contribution is 2.17. The second-order valence-electron chi connectivity index (χ2n) is 4.06.